The highest BCUT2D eigenvalue weighted by Gasteiger charge is 2.07. The molecule has 0 spiro atoms. The van der Waals surface area contributed by atoms with Crippen LogP contribution in [0.1, 0.15) is 26.2 Å². The summed E-state index contributed by atoms with van der Waals surface area (Å²) in [5, 5.41) is 0. The van der Waals surface area contributed by atoms with E-state index in [1.807, 2.05) is 6.92 Å². The van der Waals surface area contributed by atoms with Gasteiger partial charge in [0.05, 0.1) is 11.5 Å². The lowest BCUT2D eigenvalue weighted by atomic mass is 10.3. The fourth-order valence-corrected chi connectivity index (χ4v) is 2.58. The van der Waals surface area contributed by atoms with Crippen LogP contribution in [0, 0.1) is 0 Å². The van der Waals surface area contributed by atoms with Crippen molar-refractivity contribution in [3.63, 3.8) is 0 Å². The molecule has 4 heteroatoms. The zero-order chi connectivity index (χ0) is 8.74. The van der Waals surface area contributed by atoms with E-state index in [-0.39, 0.29) is 11.6 Å². The Morgan fingerprint density at radius 1 is 1.18 bits per heavy atom. The van der Waals surface area contributed by atoms with E-state index in [0.717, 1.165) is 19.3 Å². The Labute approximate surface area is 73.9 Å². The molecule has 0 aromatic carbocycles. The summed E-state index contributed by atoms with van der Waals surface area (Å²) in [6.45, 7) is 2.05. The van der Waals surface area contributed by atoms with E-state index in [1.54, 1.807) is 0 Å². The van der Waals surface area contributed by atoms with Crippen LogP contribution in [-0.4, -0.2) is 25.8 Å². The molecule has 0 saturated carbocycles. The van der Waals surface area contributed by atoms with Gasteiger partial charge < -0.3 is 0 Å². The number of halogens is 1. The Hall–Kier alpha value is 0.240. The van der Waals surface area contributed by atoms with Gasteiger partial charge in [0.2, 0.25) is 0 Å². The lowest BCUT2D eigenvalue weighted by molar-refractivity contribution is 0.592. The van der Waals surface area contributed by atoms with Gasteiger partial charge in [0.25, 0.3) is 0 Å². The molecule has 0 aromatic heterocycles. The van der Waals surface area contributed by atoms with Gasteiger partial charge in [-0.25, -0.2) is 8.42 Å². The van der Waals surface area contributed by atoms with Crippen molar-refractivity contribution < 1.29 is 8.42 Å². The fourth-order valence-electron chi connectivity index (χ4n) is 0.792. The van der Waals surface area contributed by atoms with Gasteiger partial charge in [-0.2, -0.15) is 0 Å². The average Bonchev–Trinajstić information content (AvgIpc) is 1.87. The number of hydrogen-bond donors (Lipinski definition) is 0. The van der Waals surface area contributed by atoms with Gasteiger partial charge in [-0.15, -0.1) is 11.6 Å². The number of unbranched alkanes of at least 4 members (excludes halogenated alkanes) is 2. The highest BCUT2D eigenvalue weighted by atomic mass is 35.5. The molecule has 0 rings (SSSR count). The molecule has 0 bridgehead atoms. The molecular weight excluding hydrogens is 184 g/mol. The lowest BCUT2D eigenvalue weighted by Crippen LogP contribution is -2.11. The Morgan fingerprint density at radius 2 is 1.82 bits per heavy atom. The first-order valence-electron chi connectivity index (χ1n) is 3.89. The maximum absolute atomic E-state index is 11.0. The van der Waals surface area contributed by atoms with E-state index in [4.69, 9.17) is 11.6 Å². The second kappa shape index (κ2) is 5.84. The normalized spacial score (nSPS) is 11.8. The highest BCUT2D eigenvalue weighted by Crippen LogP contribution is 2.00. The Morgan fingerprint density at radius 3 is 2.27 bits per heavy atom. The molecule has 0 unspecified atom stereocenters. The number of sulfone groups is 1. The molecule has 2 nitrogen and oxygen atoms in total. The molecule has 0 aliphatic carbocycles. The standard InChI is InChI=1S/C7H15ClO2S/c1-2-3-4-6-11(9,10)7-5-8/h2-7H2,1H3. The van der Waals surface area contributed by atoms with Crippen molar-refractivity contribution in [1.82, 2.24) is 0 Å². The molecule has 0 aliphatic heterocycles. The molecule has 0 amide bonds. The molecule has 0 aliphatic rings. The smallest absolute Gasteiger partial charge is 0.151 e. The molecule has 0 atom stereocenters. The van der Waals surface area contributed by atoms with Crippen molar-refractivity contribution >= 4 is 21.4 Å². The monoisotopic (exact) mass is 198 g/mol. The van der Waals surface area contributed by atoms with E-state index in [1.165, 1.54) is 0 Å². The van der Waals surface area contributed by atoms with E-state index in [0.29, 0.717) is 5.75 Å². The van der Waals surface area contributed by atoms with Crippen molar-refractivity contribution in [2.75, 3.05) is 17.4 Å². The molecule has 0 aromatic rings. The third-order valence-electron chi connectivity index (χ3n) is 1.45. The van der Waals surface area contributed by atoms with Gasteiger partial charge in [0.15, 0.2) is 9.84 Å². The Bertz CT molecular complexity index is 175. The van der Waals surface area contributed by atoms with E-state index in [2.05, 4.69) is 0 Å². The number of hydrogen-bond acceptors (Lipinski definition) is 2. The summed E-state index contributed by atoms with van der Waals surface area (Å²) in [6.07, 6.45) is 2.81. The van der Waals surface area contributed by atoms with Crippen molar-refractivity contribution in [2.45, 2.75) is 26.2 Å². The van der Waals surface area contributed by atoms with Crippen LogP contribution < -0.4 is 0 Å². The zero-order valence-electron chi connectivity index (χ0n) is 6.85. The fraction of sp³-hybridized carbons (Fsp3) is 1.00. The largest absolute Gasteiger partial charge is 0.229 e. The summed E-state index contributed by atoms with van der Waals surface area (Å²) in [4.78, 5) is 0. The number of rotatable bonds is 6. The van der Waals surface area contributed by atoms with Gasteiger partial charge in [-0.3, -0.25) is 0 Å². The lowest BCUT2D eigenvalue weighted by Gasteiger charge is -1.99. The summed E-state index contributed by atoms with van der Waals surface area (Å²) in [6, 6.07) is 0. The first-order valence-corrected chi connectivity index (χ1v) is 6.24. The van der Waals surface area contributed by atoms with Crippen LogP contribution in [0.25, 0.3) is 0 Å². The summed E-state index contributed by atoms with van der Waals surface area (Å²) in [5.41, 5.74) is 0. The predicted octanol–water partition coefficient (Wildman–Crippen LogP) is 1.83. The van der Waals surface area contributed by atoms with Crippen molar-refractivity contribution in [2.24, 2.45) is 0 Å². The summed E-state index contributed by atoms with van der Waals surface area (Å²) in [5.74, 6) is 0.639. The van der Waals surface area contributed by atoms with Gasteiger partial charge in [0, 0.05) is 5.88 Å². The molecule has 0 heterocycles. The molecule has 0 fully saturated rings. The maximum Gasteiger partial charge on any atom is 0.151 e. The van der Waals surface area contributed by atoms with Gasteiger partial charge in [-0.05, 0) is 6.42 Å². The Kier molecular flexibility index (Phi) is 5.96. The third-order valence-corrected chi connectivity index (χ3v) is 3.60. The average molecular weight is 199 g/mol. The van der Waals surface area contributed by atoms with Crippen LogP contribution in [-0.2, 0) is 9.84 Å². The van der Waals surface area contributed by atoms with E-state index < -0.39 is 9.84 Å². The maximum atomic E-state index is 11.0. The summed E-state index contributed by atoms with van der Waals surface area (Å²) < 4.78 is 22.0. The first-order chi connectivity index (χ1) is 5.12. The Balaban J connectivity index is 3.56. The van der Waals surface area contributed by atoms with Gasteiger partial charge in [-0.1, -0.05) is 19.8 Å². The van der Waals surface area contributed by atoms with Gasteiger partial charge >= 0.3 is 0 Å². The van der Waals surface area contributed by atoms with Crippen LogP contribution in [0.4, 0.5) is 0 Å². The minimum absolute atomic E-state index is 0.123. The quantitative estimate of drug-likeness (QED) is 0.482. The zero-order valence-corrected chi connectivity index (χ0v) is 8.42. The SMILES string of the molecule is CCCCCS(=O)(=O)CCCl. The van der Waals surface area contributed by atoms with Crippen molar-refractivity contribution in [1.29, 1.82) is 0 Å². The highest BCUT2D eigenvalue weighted by molar-refractivity contribution is 7.91. The topological polar surface area (TPSA) is 34.1 Å². The second-order valence-corrected chi connectivity index (χ2v) is 5.23. The minimum Gasteiger partial charge on any atom is -0.229 e. The van der Waals surface area contributed by atoms with Crippen LogP contribution in [0.5, 0.6) is 0 Å². The molecule has 0 radical (unpaired) electrons. The molecule has 0 N–H and O–H groups in total. The molecular formula is C7H15ClO2S. The minimum atomic E-state index is -2.84. The van der Waals surface area contributed by atoms with Crippen LogP contribution in [0.15, 0.2) is 0 Å². The first kappa shape index (κ1) is 11.2. The van der Waals surface area contributed by atoms with E-state index >= 15 is 0 Å². The van der Waals surface area contributed by atoms with Crippen LogP contribution >= 0.6 is 11.6 Å². The predicted molar refractivity (Wildman–Crippen MR) is 48.9 cm³/mol. The summed E-state index contributed by atoms with van der Waals surface area (Å²) in [7, 11) is -2.84. The molecule has 68 valence electrons. The van der Waals surface area contributed by atoms with Crippen LogP contribution in [0.3, 0.4) is 0 Å². The third kappa shape index (κ3) is 6.63. The molecule has 0 saturated heterocycles. The molecule has 11 heavy (non-hydrogen) atoms. The number of alkyl halides is 1. The van der Waals surface area contributed by atoms with Gasteiger partial charge in [0.1, 0.15) is 0 Å². The van der Waals surface area contributed by atoms with E-state index in [9.17, 15) is 8.42 Å². The van der Waals surface area contributed by atoms with Crippen molar-refractivity contribution in [3.8, 4) is 0 Å². The second-order valence-electron chi connectivity index (χ2n) is 2.55. The van der Waals surface area contributed by atoms with Crippen molar-refractivity contribution in [3.05, 3.63) is 0 Å². The van der Waals surface area contributed by atoms with Crippen LogP contribution in [0.2, 0.25) is 0 Å². The summed E-state index contributed by atoms with van der Waals surface area (Å²) >= 11 is 5.32.